The van der Waals surface area contributed by atoms with E-state index in [1.165, 1.54) is 32.8 Å². The molecular formula is C22H18FN. The minimum Gasteiger partial charge on any atom is -0.316 e. The van der Waals surface area contributed by atoms with Crippen molar-refractivity contribution in [3.63, 3.8) is 0 Å². The number of para-hydroxylation sites is 1. The molecular weight excluding hydrogens is 297 g/mol. The van der Waals surface area contributed by atoms with Gasteiger partial charge in [-0.2, -0.15) is 0 Å². The van der Waals surface area contributed by atoms with Crippen LogP contribution in [0.5, 0.6) is 0 Å². The predicted octanol–water partition coefficient (Wildman–Crippen LogP) is 4.79. The molecule has 0 unspecified atom stereocenters. The molecule has 2 heterocycles. The molecule has 5 rings (SSSR count). The van der Waals surface area contributed by atoms with Gasteiger partial charge in [0.2, 0.25) is 0 Å². The van der Waals surface area contributed by atoms with Gasteiger partial charge < -0.3 is 4.40 Å². The average molecular weight is 315 g/mol. The number of fused-ring (bicyclic) bond motifs is 4. The topological polar surface area (TPSA) is 4.41 Å². The van der Waals surface area contributed by atoms with Crippen LogP contribution in [0, 0.1) is 12.7 Å². The summed E-state index contributed by atoms with van der Waals surface area (Å²) in [7, 11) is 0. The fourth-order valence-electron chi connectivity index (χ4n) is 4.37. The molecule has 0 radical (unpaired) electrons. The summed E-state index contributed by atoms with van der Waals surface area (Å²) in [6.07, 6.45) is 4.97. The first-order valence-electron chi connectivity index (χ1n) is 8.54. The minimum absolute atomic E-state index is 0.0601. The molecule has 1 nitrogen and oxygen atoms in total. The molecule has 0 bridgehead atoms. The Morgan fingerprint density at radius 1 is 0.917 bits per heavy atom. The van der Waals surface area contributed by atoms with Crippen molar-refractivity contribution in [1.82, 2.24) is 4.40 Å². The zero-order chi connectivity index (χ0) is 16.3. The molecule has 2 aromatic carbocycles. The Bertz CT molecular complexity index is 1150. The largest absolute Gasteiger partial charge is 0.316 e. The lowest BCUT2D eigenvalue weighted by molar-refractivity contribution is 0.599. The second-order valence-corrected chi connectivity index (χ2v) is 6.71. The van der Waals surface area contributed by atoms with Gasteiger partial charge in [-0.05, 0) is 72.7 Å². The number of aryl methyl sites for hydroxylation is 1. The van der Waals surface area contributed by atoms with Gasteiger partial charge in [0.15, 0.2) is 0 Å². The Morgan fingerprint density at radius 2 is 1.75 bits per heavy atom. The van der Waals surface area contributed by atoms with E-state index < -0.39 is 0 Å². The van der Waals surface area contributed by atoms with Gasteiger partial charge in [-0.1, -0.05) is 24.3 Å². The van der Waals surface area contributed by atoms with Crippen molar-refractivity contribution in [2.24, 2.45) is 0 Å². The van der Waals surface area contributed by atoms with Crippen LogP contribution in [0.1, 0.15) is 29.5 Å². The van der Waals surface area contributed by atoms with Crippen molar-refractivity contribution >= 4 is 22.0 Å². The van der Waals surface area contributed by atoms with Gasteiger partial charge in [0.1, 0.15) is 5.82 Å². The summed E-state index contributed by atoms with van der Waals surface area (Å²) in [5, 5.41) is 2.55. The van der Waals surface area contributed by atoms with Crippen LogP contribution < -0.4 is 5.22 Å². The van der Waals surface area contributed by atoms with E-state index in [1.54, 1.807) is 6.07 Å². The van der Waals surface area contributed by atoms with Crippen molar-refractivity contribution in [2.75, 3.05) is 0 Å². The molecule has 0 N–H and O–H groups in total. The number of halogens is 1. The lowest BCUT2D eigenvalue weighted by Gasteiger charge is -2.22. The smallest absolute Gasteiger partial charge is 0.127 e. The van der Waals surface area contributed by atoms with Crippen molar-refractivity contribution in [3.8, 4) is 0 Å². The van der Waals surface area contributed by atoms with Gasteiger partial charge in [0, 0.05) is 16.8 Å². The third-order valence-electron chi connectivity index (χ3n) is 5.36. The van der Waals surface area contributed by atoms with E-state index in [0.29, 0.717) is 0 Å². The normalized spacial score (nSPS) is 16.8. The first kappa shape index (κ1) is 13.8. The van der Waals surface area contributed by atoms with Crippen LogP contribution in [0.15, 0.2) is 54.7 Å². The summed E-state index contributed by atoms with van der Waals surface area (Å²) >= 11 is 0. The second-order valence-electron chi connectivity index (χ2n) is 6.71. The SMILES string of the molecule is Cc1ccc(F)c2c1/C(=c1/c3ccccc3n3cccc13)CCC2. The van der Waals surface area contributed by atoms with Crippen LogP contribution in [-0.4, -0.2) is 4.40 Å². The van der Waals surface area contributed by atoms with Crippen LogP contribution in [0.3, 0.4) is 0 Å². The van der Waals surface area contributed by atoms with Gasteiger partial charge in [0.25, 0.3) is 0 Å². The fraction of sp³-hybridized carbons (Fsp3) is 0.182. The average Bonchev–Trinajstić information content (AvgIpc) is 3.18. The Balaban J connectivity index is 2.04. The van der Waals surface area contributed by atoms with E-state index in [4.69, 9.17) is 0 Å². The highest BCUT2D eigenvalue weighted by atomic mass is 19.1. The van der Waals surface area contributed by atoms with Gasteiger partial charge in [-0.15, -0.1) is 0 Å². The number of benzene rings is 2. The van der Waals surface area contributed by atoms with E-state index in [9.17, 15) is 4.39 Å². The lowest BCUT2D eigenvalue weighted by Crippen LogP contribution is -2.15. The van der Waals surface area contributed by atoms with E-state index in [1.807, 2.05) is 6.07 Å². The molecule has 1 aliphatic rings. The first-order valence-corrected chi connectivity index (χ1v) is 8.54. The van der Waals surface area contributed by atoms with E-state index in [-0.39, 0.29) is 5.82 Å². The van der Waals surface area contributed by atoms with Gasteiger partial charge in [0.05, 0.1) is 11.0 Å². The quantitative estimate of drug-likeness (QED) is 0.439. The highest BCUT2D eigenvalue weighted by Gasteiger charge is 2.22. The number of nitrogens with zero attached hydrogens (tertiary/aromatic N) is 1. The zero-order valence-electron chi connectivity index (χ0n) is 13.6. The van der Waals surface area contributed by atoms with Gasteiger partial charge in [-0.25, -0.2) is 4.39 Å². The summed E-state index contributed by atoms with van der Waals surface area (Å²) in [5.41, 5.74) is 6.96. The molecule has 24 heavy (non-hydrogen) atoms. The molecule has 0 atom stereocenters. The molecule has 0 aliphatic heterocycles. The summed E-state index contributed by atoms with van der Waals surface area (Å²) in [4.78, 5) is 0. The number of rotatable bonds is 0. The van der Waals surface area contributed by atoms with Crippen LogP contribution >= 0.6 is 0 Å². The van der Waals surface area contributed by atoms with E-state index in [0.717, 1.165) is 30.4 Å². The fourth-order valence-corrected chi connectivity index (χ4v) is 4.37. The van der Waals surface area contributed by atoms with E-state index in [2.05, 4.69) is 53.9 Å². The van der Waals surface area contributed by atoms with Crippen molar-refractivity contribution < 1.29 is 4.39 Å². The first-order chi connectivity index (χ1) is 11.8. The standard InChI is InChI=1S/C22H18FN/c1-14-11-12-18(23)15-7-4-8-17(21(14)15)22-16-6-2-3-9-19(16)24-13-5-10-20(22)24/h2-3,5-6,9-13H,4,7-8H2,1H3/b22-17-. The van der Waals surface area contributed by atoms with Crippen molar-refractivity contribution in [2.45, 2.75) is 26.2 Å². The highest BCUT2D eigenvalue weighted by Crippen LogP contribution is 2.34. The van der Waals surface area contributed by atoms with Crippen LogP contribution in [-0.2, 0) is 6.42 Å². The van der Waals surface area contributed by atoms with Crippen LogP contribution in [0.4, 0.5) is 4.39 Å². The molecule has 0 fully saturated rings. The molecule has 2 aromatic heterocycles. The third-order valence-corrected chi connectivity index (χ3v) is 5.36. The third kappa shape index (κ3) is 1.74. The highest BCUT2D eigenvalue weighted by molar-refractivity contribution is 5.93. The van der Waals surface area contributed by atoms with Crippen LogP contribution in [0.25, 0.3) is 22.0 Å². The minimum atomic E-state index is -0.0601. The molecule has 0 saturated carbocycles. The maximum absolute atomic E-state index is 14.4. The lowest BCUT2D eigenvalue weighted by atomic mass is 9.83. The molecule has 4 aromatic rings. The van der Waals surface area contributed by atoms with Gasteiger partial charge in [-0.3, -0.25) is 0 Å². The zero-order valence-corrected chi connectivity index (χ0v) is 13.6. The maximum atomic E-state index is 14.4. The van der Waals surface area contributed by atoms with Crippen LogP contribution in [0.2, 0.25) is 0 Å². The number of hydrogen-bond acceptors (Lipinski definition) is 0. The molecule has 1 aliphatic carbocycles. The Kier molecular flexibility index (Phi) is 2.84. The molecule has 0 amide bonds. The van der Waals surface area contributed by atoms with E-state index >= 15 is 0 Å². The number of aromatic nitrogens is 1. The van der Waals surface area contributed by atoms with Crippen molar-refractivity contribution in [1.29, 1.82) is 0 Å². The summed E-state index contributed by atoms with van der Waals surface area (Å²) in [6.45, 7) is 2.10. The summed E-state index contributed by atoms with van der Waals surface area (Å²) in [5.74, 6) is -0.0601. The molecule has 2 heteroatoms. The molecule has 0 saturated heterocycles. The summed E-state index contributed by atoms with van der Waals surface area (Å²) in [6, 6.07) is 16.3. The molecule has 0 spiro atoms. The number of hydrogen-bond donors (Lipinski definition) is 0. The van der Waals surface area contributed by atoms with Gasteiger partial charge >= 0.3 is 0 Å². The Labute approximate surface area is 140 Å². The van der Waals surface area contributed by atoms with Crippen molar-refractivity contribution in [3.05, 3.63) is 82.5 Å². The predicted molar refractivity (Wildman–Crippen MR) is 96.7 cm³/mol. The summed E-state index contributed by atoms with van der Waals surface area (Å²) < 4.78 is 16.7. The monoisotopic (exact) mass is 315 g/mol. The Hall–Kier alpha value is -2.61. The Morgan fingerprint density at radius 3 is 2.67 bits per heavy atom. The second kappa shape index (κ2) is 4.94. The molecule has 118 valence electrons. The maximum Gasteiger partial charge on any atom is 0.127 e.